The molecule has 0 saturated heterocycles. The van der Waals surface area contributed by atoms with Crippen molar-refractivity contribution in [3.8, 4) is 0 Å². The fourth-order valence-corrected chi connectivity index (χ4v) is 4.03. The van der Waals surface area contributed by atoms with Crippen molar-refractivity contribution in [3.05, 3.63) is 60.4 Å². The number of rotatable bonds is 8. The van der Waals surface area contributed by atoms with Gasteiger partial charge in [0.1, 0.15) is 11.3 Å². The molecule has 0 aliphatic heterocycles. The van der Waals surface area contributed by atoms with E-state index in [0.717, 1.165) is 72.2 Å². The number of nitrogens with one attached hydrogen (secondary N) is 2. The Labute approximate surface area is 187 Å². The third kappa shape index (κ3) is 4.77. The zero-order valence-electron chi connectivity index (χ0n) is 17.8. The zero-order chi connectivity index (χ0) is 21.6. The highest BCUT2D eigenvalue weighted by Gasteiger charge is 2.16. The fraction of sp³-hybridized carbons (Fsp3) is 0.292. The minimum absolute atomic E-state index is 0.497. The van der Waals surface area contributed by atoms with Gasteiger partial charge in [0, 0.05) is 30.6 Å². The van der Waals surface area contributed by atoms with Crippen molar-refractivity contribution in [3.63, 3.8) is 0 Å². The smallest absolute Gasteiger partial charge is 0.170 e. The Hall–Kier alpha value is -3.19. The van der Waals surface area contributed by atoms with Gasteiger partial charge in [-0.2, -0.15) is 0 Å². The van der Waals surface area contributed by atoms with Gasteiger partial charge in [-0.15, -0.1) is 0 Å². The van der Waals surface area contributed by atoms with E-state index in [-0.39, 0.29) is 0 Å². The number of pyridine rings is 1. The van der Waals surface area contributed by atoms with Crippen molar-refractivity contribution in [2.24, 2.45) is 0 Å². The van der Waals surface area contributed by atoms with Crippen LogP contribution in [-0.2, 0) is 13.0 Å². The summed E-state index contributed by atoms with van der Waals surface area (Å²) in [5, 5.41) is 8.24. The van der Waals surface area contributed by atoms with E-state index in [2.05, 4.69) is 33.2 Å². The molecule has 0 saturated carbocycles. The summed E-state index contributed by atoms with van der Waals surface area (Å²) in [7, 11) is 0. The normalized spacial score (nSPS) is 11.1. The number of hydrogen-bond donors (Lipinski definition) is 3. The maximum atomic E-state index is 6.28. The summed E-state index contributed by atoms with van der Waals surface area (Å²) in [5.74, 6) is 1.57. The molecule has 0 amide bonds. The number of imidazole rings is 1. The van der Waals surface area contributed by atoms with Crippen LogP contribution in [0.5, 0.6) is 0 Å². The number of thiocarbonyl (C=S) groups is 1. The molecule has 31 heavy (non-hydrogen) atoms. The molecule has 4 N–H and O–H groups in total. The Morgan fingerprint density at radius 2 is 1.81 bits per heavy atom. The number of hydrogen-bond acceptors (Lipinski definition) is 4. The monoisotopic (exact) mass is 432 g/mol. The van der Waals surface area contributed by atoms with Crippen LogP contribution in [0.2, 0.25) is 0 Å². The lowest BCUT2D eigenvalue weighted by Crippen LogP contribution is -2.29. The Morgan fingerprint density at radius 3 is 2.61 bits per heavy atom. The molecule has 2 aromatic carbocycles. The number of aromatic nitrogens is 3. The number of anilines is 2. The van der Waals surface area contributed by atoms with Crippen LogP contribution < -0.4 is 16.4 Å². The lowest BCUT2D eigenvalue weighted by molar-refractivity contribution is 0.606. The number of unbranched alkanes of at least 4 members (excludes halogenated alkanes) is 1. The number of nitrogen functional groups attached to an aromatic ring is 1. The molecule has 4 rings (SSSR count). The molecule has 0 unspecified atom stereocenters. The SMILES string of the molecule is CCCCc1nc2c(N)nc3ccccc3c2n1CCCNC(=S)Nc1ccccc1. The second-order valence-corrected chi connectivity index (χ2v) is 8.00. The van der Waals surface area contributed by atoms with E-state index < -0.39 is 0 Å². The van der Waals surface area contributed by atoms with Crippen molar-refractivity contribution < 1.29 is 0 Å². The lowest BCUT2D eigenvalue weighted by atomic mass is 10.2. The standard InChI is InChI=1S/C24H28N6S/c1-2-3-14-20-29-21-22(18-12-7-8-13-19(18)28-23(21)25)30(20)16-9-15-26-24(31)27-17-10-5-4-6-11-17/h4-8,10-13H,2-3,9,14-16H2,1H3,(H2,25,28)(H2,26,27,31). The van der Waals surface area contributed by atoms with E-state index in [0.29, 0.717) is 10.9 Å². The number of benzene rings is 2. The van der Waals surface area contributed by atoms with Crippen LogP contribution in [0.4, 0.5) is 11.5 Å². The summed E-state index contributed by atoms with van der Waals surface area (Å²) in [5.41, 5.74) is 10.1. The molecule has 0 aliphatic carbocycles. The molecular weight excluding hydrogens is 404 g/mol. The molecule has 6 nitrogen and oxygen atoms in total. The summed E-state index contributed by atoms with van der Waals surface area (Å²) in [4.78, 5) is 9.45. The molecule has 0 spiro atoms. The van der Waals surface area contributed by atoms with Crippen LogP contribution in [0.15, 0.2) is 54.6 Å². The number of aryl methyl sites for hydroxylation is 2. The highest BCUT2D eigenvalue weighted by Crippen LogP contribution is 2.29. The van der Waals surface area contributed by atoms with E-state index in [1.54, 1.807) is 0 Å². The van der Waals surface area contributed by atoms with Crippen LogP contribution >= 0.6 is 12.2 Å². The van der Waals surface area contributed by atoms with Gasteiger partial charge in [0.2, 0.25) is 0 Å². The molecule has 0 radical (unpaired) electrons. The van der Waals surface area contributed by atoms with Crippen molar-refractivity contribution in [1.82, 2.24) is 19.9 Å². The number of fused-ring (bicyclic) bond motifs is 3. The van der Waals surface area contributed by atoms with Gasteiger partial charge in [0.15, 0.2) is 10.9 Å². The minimum Gasteiger partial charge on any atom is -0.382 e. The zero-order valence-corrected chi connectivity index (χ0v) is 18.6. The summed E-state index contributed by atoms with van der Waals surface area (Å²) < 4.78 is 2.32. The first-order chi connectivity index (χ1) is 15.2. The van der Waals surface area contributed by atoms with Crippen molar-refractivity contribution in [2.45, 2.75) is 39.2 Å². The molecular formula is C24H28N6S. The molecule has 2 aromatic heterocycles. The van der Waals surface area contributed by atoms with Crippen molar-refractivity contribution in [2.75, 3.05) is 17.6 Å². The van der Waals surface area contributed by atoms with E-state index in [9.17, 15) is 0 Å². The fourth-order valence-electron chi connectivity index (χ4n) is 3.81. The molecule has 0 bridgehead atoms. The van der Waals surface area contributed by atoms with Crippen LogP contribution in [0.25, 0.3) is 21.9 Å². The minimum atomic E-state index is 0.497. The van der Waals surface area contributed by atoms with Gasteiger partial charge in [-0.3, -0.25) is 0 Å². The van der Waals surface area contributed by atoms with E-state index in [4.69, 9.17) is 22.9 Å². The maximum Gasteiger partial charge on any atom is 0.170 e. The first-order valence-corrected chi connectivity index (χ1v) is 11.2. The van der Waals surface area contributed by atoms with E-state index in [1.165, 1.54) is 0 Å². The second kappa shape index (κ2) is 9.75. The first kappa shape index (κ1) is 21.1. The molecule has 4 aromatic rings. The maximum absolute atomic E-state index is 6.28. The summed E-state index contributed by atoms with van der Waals surface area (Å²) >= 11 is 5.42. The molecule has 7 heteroatoms. The number of nitrogens with two attached hydrogens (primary N) is 1. The molecule has 0 aliphatic rings. The Morgan fingerprint density at radius 1 is 1.03 bits per heavy atom. The Kier molecular flexibility index (Phi) is 6.62. The third-order valence-electron chi connectivity index (χ3n) is 5.32. The van der Waals surface area contributed by atoms with Gasteiger partial charge in [-0.25, -0.2) is 9.97 Å². The highest BCUT2D eigenvalue weighted by atomic mass is 32.1. The quantitative estimate of drug-likeness (QED) is 0.272. The lowest BCUT2D eigenvalue weighted by Gasteiger charge is -2.13. The topological polar surface area (TPSA) is 80.8 Å². The molecule has 0 atom stereocenters. The van der Waals surface area contributed by atoms with E-state index >= 15 is 0 Å². The molecule has 0 fully saturated rings. The summed E-state index contributed by atoms with van der Waals surface area (Å²) in [6.45, 7) is 3.80. The van der Waals surface area contributed by atoms with Crippen molar-refractivity contribution >= 4 is 50.8 Å². The third-order valence-corrected chi connectivity index (χ3v) is 5.57. The van der Waals surface area contributed by atoms with Crippen LogP contribution in [0.1, 0.15) is 32.0 Å². The second-order valence-electron chi connectivity index (χ2n) is 7.60. The molecule has 160 valence electrons. The van der Waals surface area contributed by atoms with E-state index in [1.807, 2.05) is 48.5 Å². The Bertz CT molecular complexity index is 1190. The van der Waals surface area contributed by atoms with Crippen molar-refractivity contribution in [1.29, 1.82) is 0 Å². The van der Waals surface area contributed by atoms with Gasteiger partial charge in [0.25, 0.3) is 0 Å². The summed E-state index contributed by atoms with van der Waals surface area (Å²) in [6.07, 6.45) is 4.06. The highest BCUT2D eigenvalue weighted by molar-refractivity contribution is 7.80. The summed E-state index contributed by atoms with van der Waals surface area (Å²) in [6, 6.07) is 18.1. The van der Waals surface area contributed by atoms with Gasteiger partial charge >= 0.3 is 0 Å². The average Bonchev–Trinajstić information content (AvgIpc) is 3.15. The van der Waals surface area contributed by atoms with Crippen LogP contribution in [-0.4, -0.2) is 26.2 Å². The van der Waals surface area contributed by atoms with Crippen LogP contribution in [0, 0.1) is 0 Å². The van der Waals surface area contributed by atoms with Crippen LogP contribution in [0.3, 0.4) is 0 Å². The predicted molar refractivity (Wildman–Crippen MR) is 133 cm³/mol. The number of para-hydroxylation sites is 2. The average molecular weight is 433 g/mol. The van der Waals surface area contributed by atoms with Gasteiger partial charge in [-0.05, 0) is 43.3 Å². The Balaban J connectivity index is 1.52. The largest absolute Gasteiger partial charge is 0.382 e. The van der Waals surface area contributed by atoms with Gasteiger partial charge in [-0.1, -0.05) is 49.7 Å². The van der Waals surface area contributed by atoms with Gasteiger partial charge in [0.05, 0.1) is 11.0 Å². The first-order valence-electron chi connectivity index (χ1n) is 10.8. The predicted octanol–water partition coefficient (Wildman–Crippen LogP) is 4.89. The molecule has 2 heterocycles. The van der Waals surface area contributed by atoms with Gasteiger partial charge < -0.3 is 20.9 Å². The number of nitrogens with zero attached hydrogens (tertiary/aromatic N) is 3.